The van der Waals surface area contributed by atoms with Gasteiger partial charge in [-0.1, -0.05) is 6.92 Å². The summed E-state index contributed by atoms with van der Waals surface area (Å²) >= 11 is 1.74. The molecule has 0 unspecified atom stereocenters. The summed E-state index contributed by atoms with van der Waals surface area (Å²) in [6.07, 6.45) is 2.24. The highest BCUT2D eigenvalue weighted by Gasteiger charge is 2.35. The lowest BCUT2D eigenvalue weighted by Gasteiger charge is -2.31. The molecule has 0 aliphatic carbocycles. The van der Waals surface area contributed by atoms with Gasteiger partial charge in [-0.15, -0.1) is 11.3 Å². The van der Waals surface area contributed by atoms with E-state index in [1.54, 1.807) is 11.3 Å². The molecule has 0 radical (unpaired) electrons. The van der Waals surface area contributed by atoms with E-state index in [9.17, 15) is 4.79 Å². The zero-order valence-electron chi connectivity index (χ0n) is 10.7. The van der Waals surface area contributed by atoms with Crippen LogP contribution in [0.25, 0.3) is 0 Å². The number of hydrogen-bond donors (Lipinski definition) is 2. The second kappa shape index (κ2) is 5.82. The molecule has 4 nitrogen and oxygen atoms in total. The van der Waals surface area contributed by atoms with Gasteiger partial charge < -0.3 is 15.8 Å². The van der Waals surface area contributed by atoms with Crippen molar-refractivity contribution in [2.45, 2.75) is 38.3 Å². The van der Waals surface area contributed by atoms with E-state index in [4.69, 9.17) is 10.5 Å². The van der Waals surface area contributed by atoms with Crippen LogP contribution in [-0.2, 0) is 22.5 Å². The lowest BCUT2D eigenvalue weighted by molar-refractivity contribution is -0.129. The number of aryl methyl sites for hydroxylation is 1. The first-order valence-corrected chi connectivity index (χ1v) is 7.18. The number of thiophene rings is 1. The van der Waals surface area contributed by atoms with Crippen LogP contribution >= 0.6 is 11.3 Å². The molecule has 100 valence electrons. The molecule has 1 aromatic heterocycles. The molecule has 0 atom stereocenters. The number of hydrogen-bond acceptors (Lipinski definition) is 4. The first kappa shape index (κ1) is 13.5. The average molecular weight is 268 g/mol. The number of amides is 1. The standard InChI is InChI=1S/C13H20N2O2S/c1-2-10-3-4-11(18-10)9-15-12(16)13(14)5-7-17-8-6-13/h3-4H,2,5-9,14H2,1H3,(H,15,16). The molecule has 0 aromatic carbocycles. The van der Waals surface area contributed by atoms with Gasteiger partial charge in [-0.05, 0) is 31.4 Å². The summed E-state index contributed by atoms with van der Waals surface area (Å²) in [5.41, 5.74) is 5.36. The Morgan fingerprint density at radius 3 is 2.72 bits per heavy atom. The number of nitrogens with two attached hydrogens (primary N) is 1. The zero-order chi connectivity index (χ0) is 13.0. The topological polar surface area (TPSA) is 64.4 Å². The van der Waals surface area contributed by atoms with E-state index in [0.717, 1.165) is 6.42 Å². The number of nitrogens with one attached hydrogen (secondary N) is 1. The monoisotopic (exact) mass is 268 g/mol. The fourth-order valence-electron chi connectivity index (χ4n) is 2.01. The van der Waals surface area contributed by atoms with Crippen molar-refractivity contribution in [3.05, 3.63) is 21.9 Å². The molecule has 0 spiro atoms. The molecule has 1 aliphatic heterocycles. The second-order valence-electron chi connectivity index (χ2n) is 4.67. The Balaban J connectivity index is 1.87. The minimum atomic E-state index is -0.747. The first-order chi connectivity index (χ1) is 8.64. The molecule has 1 amide bonds. The van der Waals surface area contributed by atoms with Crippen molar-refractivity contribution in [2.24, 2.45) is 5.73 Å². The van der Waals surface area contributed by atoms with Crippen molar-refractivity contribution in [1.82, 2.24) is 5.32 Å². The highest BCUT2D eigenvalue weighted by atomic mass is 32.1. The van der Waals surface area contributed by atoms with Crippen LogP contribution in [0.15, 0.2) is 12.1 Å². The van der Waals surface area contributed by atoms with Crippen LogP contribution in [0.5, 0.6) is 0 Å². The summed E-state index contributed by atoms with van der Waals surface area (Å²) in [5.74, 6) is -0.0581. The van der Waals surface area contributed by atoms with Crippen LogP contribution in [0.3, 0.4) is 0 Å². The summed E-state index contributed by atoms with van der Waals surface area (Å²) in [4.78, 5) is 14.6. The Kier molecular flexibility index (Phi) is 4.37. The molecule has 1 aliphatic rings. The average Bonchev–Trinajstić information content (AvgIpc) is 2.84. The third-order valence-corrected chi connectivity index (χ3v) is 4.56. The molecular formula is C13H20N2O2S. The van der Waals surface area contributed by atoms with Gasteiger partial charge in [0, 0.05) is 23.0 Å². The van der Waals surface area contributed by atoms with Gasteiger partial charge in [0.2, 0.25) is 5.91 Å². The van der Waals surface area contributed by atoms with E-state index < -0.39 is 5.54 Å². The van der Waals surface area contributed by atoms with Crippen molar-refractivity contribution in [3.63, 3.8) is 0 Å². The maximum atomic E-state index is 12.1. The number of ether oxygens (including phenoxy) is 1. The highest BCUT2D eigenvalue weighted by Crippen LogP contribution is 2.19. The third-order valence-electron chi connectivity index (χ3n) is 3.33. The second-order valence-corrected chi connectivity index (χ2v) is 5.93. The Labute approximate surface area is 112 Å². The maximum Gasteiger partial charge on any atom is 0.240 e. The van der Waals surface area contributed by atoms with Gasteiger partial charge in [0.25, 0.3) is 0 Å². The van der Waals surface area contributed by atoms with Gasteiger partial charge in [-0.2, -0.15) is 0 Å². The zero-order valence-corrected chi connectivity index (χ0v) is 11.5. The summed E-state index contributed by atoms with van der Waals surface area (Å²) in [7, 11) is 0. The van der Waals surface area contributed by atoms with E-state index in [1.165, 1.54) is 9.75 Å². The van der Waals surface area contributed by atoms with Crippen LogP contribution in [0.4, 0.5) is 0 Å². The summed E-state index contributed by atoms with van der Waals surface area (Å²) in [5, 5.41) is 2.94. The van der Waals surface area contributed by atoms with Crippen molar-refractivity contribution in [3.8, 4) is 0 Å². The molecule has 1 aromatic rings. The number of carbonyl (C=O) groups excluding carboxylic acids is 1. The molecule has 5 heteroatoms. The molecule has 0 bridgehead atoms. The van der Waals surface area contributed by atoms with Crippen molar-refractivity contribution in [1.29, 1.82) is 0 Å². The Hall–Kier alpha value is -0.910. The molecule has 2 heterocycles. The molecule has 1 saturated heterocycles. The summed E-state index contributed by atoms with van der Waals surface area (Å²) in [6.45, 7) is 3.85. The fraction of sp³-hybridized carbons (Fsp3) is 0.615. The van der Waals surface area contributed by atoms with Gasteiger partial charge in [0.1, 0.15) is 0 Å². The minimum Gasteiger partial charge on any atom is -0.381 e. The van der Waals surface area contributed by atoms with Crippen LogP contribution < -0.4 is 11.1 Å². The van der Waals surface area contributed by atoms with Gasteiger partial charge in [0.05, 0.1) is 12.1 Å². The van der Waals surface area contributed by atoms with Crippen LogP contribution in [0.2, 0.25) is 0 Å². The first-order valence-electron chi connectivity index (χ1n) is 6.36. The number of rotatable bonds is 4. The molecule has 0 saturated carbocycles. The fourth-order valence-corrected chi connectivity index (χ4v) is 2.91. The van der Waals surface area contributed by atoms with Gasteiger partial charge in [0.15, 0.2) is 0 Å². The predicted octanol–water partition coefficient (Wildman–Crippen LogP) is 1.43. The van der Waals surface area contributed by atoms with Gasteiger partial charge in [-0.3, -0.25) is 4.79 Å². The van der Waals surface area contributed by atoms with E-state index >= 15 is 0 Å². The Bertz CT molecular complexity index is 411. The van der Waals surface area contributed by atoms with E-state index in [-0.39, 0.29) is 5.91 Å². The van der Waals surface area contributed by atoms with Crippen molar-refractivity contribution in [2.75, 3.05) is 13.2 Å². The minimum absolute atomic E-state index is 0.0581. The smallest absolute Gasteiger partial charge is 0.240 e. The largest absolute Gasteiger partial charge is 0.381 e. The van der Waals surface area contributed by atoms with Gasteiger partial charge >= 0.3 is 0 Å². The SMILES string of the molecule is CCc1ccc(CNC(=O)C2(N)CCOCC2)s1. The number of carbonyl (C=O) groups is 1. The normalized spacial score (nSPS) is 18.6. The molecular weight excluding hydrogens is 248 g/mol. The lowest BCUT2D eigenvalue weighted by Crippen LogP contribution is -2.56. The highest BCUT2D eigenvalue weighted by molar-refractivity contribution is 7.11. The van der Waals surface area contributed by atoms with Gasteiger partial charge in [-0.25, -0.2) is 0 Å². The summed E-state index contributed by atoms with van der Waals surface area (Å²) < 4.78 is 5.24. The van der Waals surface area contributed by atoms with Crippen molar-refractivity contribution < 1.29 is 9.53 Å². The van der Waals surface area contributed by atoms with E-state index in [1.807, 2.05) is 0 Å². The molecule has 2 rings (SSSR count). The Morgan fingerprint density at radius 1 is 1.44 bits per heavy atom. The Morgan fingerprint density at radius 2 is 2.11 bits per heavy atom. The third kappa shape index (κ3) is 3.10. The summed E-state index contributed by atoms with van der Waals surface area (Å²) in [6, 6.07) is 4.18. The van der Waals surface area contributed by atoms with E-state index in [2.05, 4.69) is 24.4 Å². The molecule has 3 N–H and O–H groups in total. The van der Waals surface area contributed by atoms with Crippen LogP contribution in [-0.4, -0.2) is 24.7 Å². The maximum absolute atomic E-state index is 12.1. The lowest BCUT2D eigenvalue weighted by atomic mass is 9.90. The van der Waals surface area contributed by atoms with Crippen LogP contribution in [0, 0.1) is 0 Å². The van der Waals surface area contributed by atoms with Crippen LogP contribution in [0.1, 0.15) is 29.5 Å². The van der Waals surface area contributed by atoms with E-state index in [0.29, 0.717) is 32.6 Å². The van der Waals surface area contributed by atoms with Crippen molar-refractivity contribution >= 4 is 17.2 Å². The predicted molar refractivity (Wildman–Crippen MR) is 72.5 cm³/mol. The molecule has 18 heavy (non-hydrogen) atoms. The molecule has 1 fully saturated rings. The quantitative estimate of drug-likeness (QED) is 0.868.